The summed E-state index contributed by atoms with van der Waals surface area (Å²) in [5.74, 6) is 1.63. The van der Waals surface area contributed by atoms with Crippen molar-refractivity contribution in [1.82, 2.24) is 14.5 Å². The minimum atomic E-state index is 0.0493. The minimum Gasteiger partial charge on any atom is -0.384 e. The van der Waals surface area contributed by atoms with Gasteiger partial charge in [0.25, 0.3) is 5.91 Å². The van der Waals surface area contributed by atoms with Crippen LogP contribution in [0, 0.1) is 11.3 Å². The van der Waals surface area contributed by atoms with E-state index in [0.29, 0.717) is 24.6 Å². The molecule has 248 valence electrons. The van der Waals surface area contributed by atoms with E-state index < -0.39 is 0 Å². The Labute approximate surface area is 288 Å². The van der Waals surface area contributed by atoms with Gasteiger partial charge >= 0.3 is 0 Å². The lowest BCUT2D eigenvalue weighted by molar-refractivity contribution is 0.0699. The number of halogens is 1. The number of nitrogen functional groups attached to an aromatic ring is 1. The lowest BCUT2D eigenvalue weighted by atomic mass is 9.88. The molecule has 5 aromatic rings. The predicted molar refractivity (Wildman–Crippen MR) is 195 cm³/mol. The number of fused-ring (bicyclic) bond motifs is 1. The van der Waals surface area contributed by atoms with Crippen LogP contribution in [-0.2, 0) is 38.9 Å². The van der Waals surface area contributed by atoms with Crippen LogP contribution >= 0.6 is 11.6 Å². The molecule has 7 nitrogen and oxygen atoms in total. The molecule has 0 radical (unpaired) electrons. The smallest absolute Gasteiger partial charge is 0.254 e. The van der Waals surface area contributed by atoms with E-state index in [9.17, 15) is 4.79 Å². The van der Waals surface area contributed by atoms with Crippen molar-refractivity contribution in [3.8, 4) is 0 Å². The molecule has 1 saturated carbocycles. The average molecular weight is 661 g/mol. The van der Waals surface area contributed by atoms with Crippen molar-refractivity contribution in [2.75, 3.05) is 6.54 Å². The highest BCUT2D eigenvalue weighted by Gasteiger charge is 2.23. The number of nitrogens with one attached hydrogen (secondary N) is 1. The number of amides is 1. The summed E-state index contributed by atoms with van der Waals surface area (Å²) in [5, 5.41) is 8.42. The Morgan fingerprint density at radius 2 is 1.44 bits per heavy atom. The van der Waals surface area contributed by atoms with Crippen LogP contribution in [0.5, 0.6) is 0 Å². The molecule has 5 N–H and O–H groups in total. The third-order valence-corrected chi connectivity index (χ3v) is 9.89. The van der Waals surface area contributed by atoms with Gasteiger partial charge in [-0.15, -0.1) is 0 Å². The van der Waals surface area contributed by atoms with Crippen LogP contribution in [0.2, 0.25) is 5.02 Å². The third-order valence-electron chi connectivity index (χ3n) is 9.64. The van der Waals surface area contributed by atoms with Gasteiger partial charge < -0.3 is 20.9 Å². The summed E-state index contributed by atoms with van der Waals surface area (Å²) in [5.41, 5.74) is 19.3. The second-order valence-electron chi connectivity index (χ2n) is 13.1. The Kier molecular flexibility index (Phi) is 10.9. The maximum absolute atomic E-state index is 14.2. The Balaban J connectivity index is 1.28. The van der Waals surface area contributed by atoms with Gasteiger partial charge in [-0.25, -0.2) is 4.98 Å². The number of nitrogens with zero attached hydrogens (tertiary/aromatic N) is 3. The average Bonchev–Trinajstić information content (AvgIpc) is 3.47. The molecule has 48 heavy (non-hydrogen) atoms. The number of hydrogen-bond donors (Lipinski definition) is 3. The maximum Gasteiger partial charge on any atom is 0.254 e. The Morgan fingerprint density at radius 3 is 2.12 bits per heavy atom. The first-order chi connectivity index (χ1) is 23.4. The number of carbonyl (C=O) groups is 1. The molecule has 4 aromatic carbocycles. The molecule has 0 saturated heterocycles. The van der Waals surface area contributed by atoms with E-state index in [0.717, 1.165) is 76.5 Å². The minimum absolute atomic E-state index is 0.0493. The molecule has 1 aromatic heterocycles. The van der Waals surface area contributed by atoms with Crippen LogP contribution in [0.3, 0.4) is 0 Å². The van der Waals surface area contributed by atoms with E-state index in [1.165, 1.54) is 37.7 Å². The van der Waals surface area contributed by atoms with E-state index in [4.69, 9.17) is 33.5 Å². The number of amidine groups is 1. The van der Waals surface area contributed by atoms with E-state index >= 15 is 0 Å². The summed E-state index contributed by atoms with van der Waals surface area (Å²) in [4.78, 5) is 21.4. The zero-order chi connectivity index (χ0) is 33.5. The molecule has 6 rings (SSSR count). The standard InChI is InChI=1S/C40H45ClN6O/c41-35-18-12-29(13-19-35)22-23-47-37-20-17-34(24-36(37)45-38(47)21-14-28-10-15-33(16-11-28)39(43)44)40(48)46(26-31-4-2-1-3-5-31)27-32-8-6-30(25-42)7-9-32/h6-13,15-20,24,31H,1-5,14,21-23,25-27,42H2,(H3,43,44). The normalized spacial score (nSPS) is 13.5. The fourth-order valence-electron chi connectivity index (χ4n) is 6.84. The summed E-state index contributed by atoms with van der Waals surface area (Å²) in [7, 11) is 0. The number of hydrogen-bond acceptors (Lipinski definition) is 4. The van der Waals surface area contributed by atoms with Crippen molar-refractivity contribution in [3.05, 3.63) is 135 Å². The molecule has 1 amide bonds. The summed E-state index contributed by atoms with van der Waals surface area (Å²) >= 11 is 6.15. The molecule has 1 heterocycles. The summed E-state index contributed by atoms with van der Waals surface area (Å²) in [6, 6.07) is 30.1. The van der Waals surface area contributed by atoms with E-state index in [-0.39, 0.29) is 11.7 Å². The summed E-state index contributed by atoms with van der Waals surface area (Å²) < 4.78 is 2.29. The van der Waals surface area contributed by atoms with Gasteiger partial charge in [-0.05, 0) is 84.2 Å². The van der Waals surface area contributed by atoms with Gasteiger partial charge in [0.2, 0.25) is 0 Å². The van der Waals surface area contributed by atoms with Crippen molar-refractivity contribution < 1.29 is 4.79 Å². The third kappa shape index (κ3) is 8.33. The van der Waals surface area contributed by atoms with Gasteiger partial charge in [0, 0.05) is 48.7 Å². The van der Waals surface area contributed by atoms with Gasteiger partial charge in [0.1, 0.15) is 11.7 Å². The highest BCUT2D eigenvalue weighted by molar-refractivity contribution is 6.30. The van der Waals surface area contributed by atoms with E-state index in [1.54, 1.807) is 0 Å². The number of aryl methyl sites for hydroxylation is 4. The van der Waals surface area contributed by atoms with Crippen molar-refractivity contribution in [1.29, 1.82) is 5.41 Å². The first kappa shape index (κ1) is 33.4. The number of aromatic nitrogens is 2. The van der Waals surface area contributed by atoms with Crippen LogP contribution < -0.4 is 11.5 Å². The van der Waals surface area contributed by atoms with Gasteiger partial charge in [0.15, 0.2) is 0 Å². The number of imidazole rings is 1. The van der Waals surface area contributed by atoms with Gasteiger partial charge in [0.05, 0.1) is 11.0 Å². The summed E-state index contributed by atoms with van der Waals surface area (Å²) in [6.07, 6.45) is 8.48. The monoisotopic (exact) mass is 660 g/mol. The lowest BCUT2D eigenvalue weighted by Gasteiger charge is -2.30. The fourth-order valence-corrected chi connectivity index (χ4v) is 6.96. The zero-order valence-corrected chi connectivity index (χ0v) is 28.3. The second kappa shape index (κ2) is 15.6. The van der Waals surface area contributed by atoms with Crippen molar-refractivity contribution in [3.63, 3.8) is 0 Å². The number of rotatable bonds is 13. The van der Waals surface area contributed by atoms with Crippen LogP contribution in [0.1, 0.15) is 76.1 Å². The molecular weight excluding hydrogens is 616 g/mol. The molecule has 0 spiro atoms. The number of carbonyl (C=O) groups excluding carboxylic acids is 1. The van der Waals surface area contributed by atoms with E-state index in [2.05, 4.69) is 47.0 Å². The molecular formula is C40H45ClN6O. The quantitative estimate of drug-likeness (QED) is 0.0888. The Bertz CT molecular complexity index is 1840. The fraction of sp³-hybridized carbons (Fsp3) is 0.325. The molecule has 0 aliphatic heterocycles. The highest BCUT2D eigenvalue weighted by atomic mass is 35.5. The maximum atomic E-state index is 14.2. The number of nitrogens with two attached hydrogens (primary N) is 2. The molecule has 0 unspecified atom stereocenters. The first-order valence-electron chi connectivity index (χ1n) is 17.1. The number of benzene rings is 4. The zero-order valence-electron chi connectivity index (χ0n) is 27.5. The van der Waals surface area contributed by atoms with Gasteiger partial charge in [-0.2, -0.15) is 0 Å². The molecule has 1 aliphatic carbocycles. The summed E-state index contributed by atoms with van der Waals surface area (Å²) in [6.45, 7) is 2.60. The second-order valence-corrected chi connectivity index (χ2v) is 13.5. The molecule has 0 bridgehead atoms. The van der Waals surface area contributed by atoms with Crippen molar-refractivity contribution in [2.45, 2.75) is 71.0 Å². The van der Waals surface area contributed by atoms with Crippen LogP contribution in [-0.4, -0.2) is 32.7 Å². The van der Waals surface area contributed by atoms with Crippen LogP contribution in [0.25, 0.3) is 11.0 Å². The molecule has 0 atom stereocenters. The largest absolute Gasteiger partial charge is 0.384 e. The van der Waals surface area contributed by atoms with Gasteiger partial charge in [-0.1, -0.05) is 91.5 Å². The lowest BCUT2D eigenvalue weighted by Crippen LogP contribution is -2.35. The topological polar surface area (TPSA) is 114 Å². The predicted octanol–water partition coefficient (Wildman–Crippen LogP) is 7.68. The van der Waals surface area contributed by atoms with E-state index in [1.807, 2.05) is 53.4 Å². The Morgan fingerprint density at radius 1 is 0.812 bits per heavy atom. The molecule has 1 fully saturated rings. The van der Waals surface area contributed by atoms with Crippen LogP contribution in [0.15, 0.2) is 91.0 Å². The Hall–Kier alpha value is -4.46. The molecule has 1 aliphatic rings. The molecule has 8 heteroatoms. The highest BCUT2D eigenvalue weighted by Crippen LogP contribution is 2.27. The van der Waals surface area contributed by atoms with Gasteiger partial charge in [-0.3, -0.25) is 10.2 Å². The first-order valence-corrected chi connectivity index (χ1v) is 17.5. The van der Waals surface area contributed by atoms with Crippen LogP contribution in [0.4, 0.5) is 0 Å². The van der Waals surface area contributed by atoms with Crippen molar-refractivity contribution >= 4 is 34.4 Å². The van der Waals surface area contributed by atoms with Crippen molar-refractivity contribution in [2.24, 2.45) is 17.4 Å². The SMILES string of the molecule is N=C(N)c1ccc(CCc2nc3cc(C(=O)N(Cc4ccc(CN)cc4)CC4CCCCC4)ccc3n2CCc2ccc(Cl)cc2)cc1.